The molecular formula is C15H17FO4. The smallest absolute Gasteiger partial charge is 0.428 e. The highest BCUT2D eigenvalue weighted by molar-refractivity contribution is 5.82. The Balaban J connectivity index is 3.13. The molecule has 0 amide bonds. The zero-order valence-corrected chi connectivity index (χ0v) is 11.7. The van der Waals surface area contributed by atoms with Crippen molar-refractivity contribution in [3.63, 3.8) is 0 Å². The normalized spacial score (nSPS) is 10.8. The van der Waals surface area contributed by atoms with Crippen LogP contribution in [0.2, 0.25) is 0 Å². The molecule has 1 rings (SSSR count). The van der Waals surface area contributed by atoms with Gasteiger partial charge in [-0.05, 0) is 38.8 Å². The molecular weight excluding hydrogens is 263 g/mol. The molecule has 108 valence electrons. The highest BCUT2D eigenvalue weighted by Crippen LogP contribution is 2.27. The Morgan fingerprint density at radius 1 is 1.40 bits per heavy atom. The van der Waals surface area contributed by atoms with E-state index in [9.17, 15) is 14.0 Å². The van der Waals surface area contributed by atoms with Crippen molar-refractivity contribution < 1.29 is 23.5 Å². The van der Waals surface area contributed by atoms with Crippen LogP contribution in [0.5, 0.6) is 5.75 Å². The molecule has 0 radical (unpaired) electrons. The molecule has 0 atom stereocenters. The summed E-state index contributed by atoms with van der Waals surface area (Å²) in [6.45, 7) is 8.58. The molecule has 0 bridgehead atoms. The van der Waals surface area contributed by atoms with E-state index in [-0.39, 0.29) is 11.3 Å². The van der Waals surface area contributed by atoms with Crippen LogP contribution in [0.4, 0.5) is 9.18 Å². The van der Waals surface area contributed by atoms with Crippen LogP contribution in [0.3, 0.4) is 0 Å². The standard InChI is InChI=1S/C15H17FO4/c1-5-6-10-7-8-12(16)11(9-17)13(10)19-14(18)20-15(2,3)4/h5,7-9H,1,6H2,2-4H3. The summed E-state index contributed by atoms with van der Waals surface area (Å²) < 4.78 is 23.6. The molecule has 0 fully saturated rings. The second kappa shape index (κ2) is 6.32. The lowest BCUT2D eigenvalue weighted by atomic mass is 10.1. The lowest BCUT2D eigenvalue weighted by Gasteiger charge is -2.20. The van der Waals surface area contributed by atoms with E-state index in [0.717, 1.165) is 6.07 Å². The minimum atomic E-state index is -0.989. The molecule has 1 aromatic carbocycles. The molecule has 5 heteroatoms. The van der Waals surface area contributed by atoms with Gasteiger partial charge in [0, 0.05) is 0 Å². The fraction of sp³-hybridized carbons (Fsp3) is 0.333. The fourth-order valence-electron chi connectivity index (χ4n) is 1.52. The summed E-state index contributed by atoms with van der Waals surface area (Å²) in [4.78, 5) is 22.6. The van der Waals surface area contributed by atoms with Crippen LogP contribution >= 0.6 is 0 Å². The van der Waals surface area contributed by atoms with Crippen molar-refractivity contribution in [2.45, 2.75) is 32.8 Å². The van der Waals surface area contributed by atoms with Crippen LogP contribution < -0.4 is 4.74 Å². The fourth-order valence-corrected chi connectivity index (χ4v) is 1.52. The molecule has 0 aliphatic rings. The molecule has 0 spiro atoms. The first-order chi connectivity index (χ1) is 9.28. The average Bonchev–Trinajstić information content (AvgIpc) is 2.31. The van der Waals surface area contributed by atoms with Crippen LogP contribution in [0.15, 0.2) is 24.8 Å². The zero-order valence-electron chi connectivity index (χ0n) is 11.7. The Kier molecular flexibility index (Phi) is 5.02. The lowest BCUT2D eigenvalue weighted by Crippen LogP contribution is -2.26. The van der Waals surface area contributed by atoms with Crippen LogP contribution in [-0.4, -0.2) is 18.0 Å². The third-order valence-corrected chi connectivity index (χ3v) is 2.28. The van der Waals surface area contributed by atoms with Crippen molar-refractivity contribution in [3.05, 3.63) is 41.7 Å². The molecule has 4 nitrogen and oxygen atoms in total. The maximum Gasteiger partial charge on any atom is 0.514 e. The number of allylic oxidation sites excluding steroid dienone is 1. The molecule has 0 unspecified atom stereocenters. The predicted octanol–water partition coefficient (Wildman–Crippen LogP) is 3.68. The van der Waals surface area contributed by atoms with Crippen molar-refractivity contribution in [1.82, 2.24) is 0 Å². The number of hydrogen-bond donors (Lipinski definition) is 0. The second-order valence-electron chi connectivity index (χ2n) is 5.13. The molecule has 0 heterocycles. The number of hydrogen-bond acceptors (Lipinski definition) is 4. The lowest BCUT2D eigenvalue weighted by molar-refractivity contribution is 0.0203. The van der Waals surface area contributed by atoms with E-state index in [4.69, 9.17) is 9.47 Å². The van der Waals surface area contributed by atoms with Gasteiger partial charge in [-0.25, -0.2) is 9.18 Å². The van der Waals surface area contributed by atoms with Gasteiger partial charge < -0.3 is 9.47 Å². The van der Waals surface area contributed by atoms with E-state index in [2.05, 4.69) is 6.58 Å². The van der Waals surface area contributed by atoms with Crippen molar-refractivity contribution in [3.8, 4) is 5.75 Å². The number of aldehydes is 1. The molecule has 0 saturated carbocycles. The minimum Gasteiger partial charge on any atom is -0.428 e. The van der Waals surface area contributed by atoms with Gasteiger partial charge in [0.2, 0.25) is 0 Å². The molecule has 1 aromatic rings. The third kappa shape index (κ3) is 4.19. The van der Waals surface area contributed by atoms with Gasteiger partial charge in [0.25, 0.3) is 0 Å². The SMILES string of the molecule is C=CCc1ccc(F)c(C=O)c1OC(=O)OC(C)(C)C. The summed E-state index contributed by atoms with van der Waals surface area (Å²) in [5.74, 6) is -0.888. The van der Waals surface area contributed by atoms with Crippen molar-refractivity contribution in [2.75, 3.05) is 0 Å². The van der Waals surface area contributed by atoms with Crippen LogP contribution in [0, 0.1) is 5.82 Å². The van der Waals surface area contributed by atoms with Crippen molar-refractivity contribution >= 4 is 12.4 Å². The van der Waals surface area contributed by atoms with Crippen LogP contribution in [0.25, 0.3) is 0 Å². The van der Waals surface area contributed by atoms with Gasteiger partial charge in [-0.15, -0.1) is 6.58 Å². The maximum absolute atomic E-state index is 13.6. The Bertz CT molecular complexity index is 529. The number of ether oxygens (including phenoxy) is 2. The number of benzene rings is 1. The van der Waals surface area contributed by atoms with Gasteiger partial charge in [0.05, 0.1) is 5.56 Å². The summed E-state index contributed by atoms with van der Waals surface area (Å²) >= 11 is 0. The molecule has 0 saturated heterocycles. The molecule has 0 N–H and O–H groups in total. The highest BCUT2D eigenvalue weighted by atomic mass is 19.1. The minimum absolute atomic E-state index is 0.130. The summed E-state index contributed by atoms with van der Waals surface area (Å²) in [5.41, 5.74) is -0.575. The Morgan fingerprint density at radius 3 is 2.55 bits per heavy atom. The Morgan fingerprint density at radius 2 is 2.05 bits per heavy atom. The topological polar surface area (TPSA) is 52.6 Å². The summed E-state index contributed by atoms with van der Waals surface area (Å²) in [6.07, 6.45) is 1.21. The number of carbonyl (C=O) groups excluding carboxylic acids is 2. The van der Waals surface area contributed by atoms with Gasteiger partial charge in [-0.3, -0.25) is 4.79 Å². The molecule has 0 aliphatic carbocycles. The van der Waals surface area contributed by atoms with E-state index in [0.29, 0.717) is 18.3 Å². The van der Waals surface area contributed by atoms with Gasteiger partial charge in [-0.2, -0.15) is 0 Å². The number of rotatable bonds is 4. The summed E-state index contributed by atoms with van der Waals surface area (Å²) in [7, 11) is 0. The quantitative estimate of drug-likeness (QED) is 0.365. The summed E-state index contributed by atoms with van der Waals surface area (Å²) in [5, 5.41) is 0. The zero-order chi connectivity index (χ0) is 15.3. The molecule has 20 heavy (non-hydrogen) atoms. The highest BCUT2D eigenvalue weighted by Gasteiger charge is 2.22. The molecule has 0 aliphatic heterocycles. The first kappa shape index (κ1) is 15.9. The first-order valence-corrected chi connectivity index (χ1v) is 6.06. The average molecular weight is 280 g/mol. The second-order valence-corrected chi connectivity index (χ2v) is 5.13. The Hall–Kier alpha value is -2.17. The predicted molar refractivity (Wildman–Crippen MR) is 72.6 cm³/mol. The number of halogens is 1. The first-order valence-electron chi connectivity index (χ1n) is 6.06. The van der Waals surface area contributed by atoms with E-state index in [1.165, 1.54) is 6.07 Å². The van der Waals surface area contributed by atoms with Crippen LogP contribution in [-0.2, 0) is 11.2 Å². The largest absolute Gasteiger partial charge is 0.514 e. The van der Waals surface area contributed by atoms with Crippen LogP contribution in [0.1, 0.15) is 36.7 Å². The van der Waals surface area contributed by atoms with E-state index < -0.39 is 17.6 Å². The van der Waals surface area contributed by atoms with E-state index in [1.807, 2.05) is 0 Å². The van der Waals surface area contributed by atoms with E-state index >= 15 is 0 Å². The van der Waals surface area contributed by atoms with Gasteiger partial charge in [0.15, 0.2) is 12.0 Å². The monoisotopic (exact) mass is 280 g/mol. The van der Waals surface area contributed by atoms with Crippen molar-refractivity contribution in [2.24, 2.45) is 0 Å². The summed E-state index contributed by atoms with van der Waals surface area (Å²) in [6, 6.07) is 2.58. The third-order valence-electron chi connectivity index (χ3n) is 2.28. The van der Waals surface area contributed by atoms with Gasteiger partial charge in [-0.1, -0.05) is 12.1 Å². The van der Waals surface area contributed by atoms with E-state index in [1.54, 1.807) is 26.8 Å². The maximum atomic E-state index is 13.6. The Labute approximate surface area is 117 Å². The van der Waals surface area contributed by atoms with Crippen molar-refractivity contribution in [1.29, 1.82) is 0 Å². The molecule has 0 aromatic heterocycles. The number of carbonyl (C=O) groups is 2. The van der Waals surface area contributed by atoms with Gasteiger partial charge >= 0.3 is 6.16 Å². The van der Waals surface area contributed by atoms with Gasteiger partial charge in [0.1, 0.15) is 11.4 Å².